The van der Waals surface area contributed by atoms with Gasteiger partial charge in [-0.1, -0.05) is 13.8 Å². The standard InChI is InChI=1S/C14H18F3NO2S/c1-9-3-8-13(10(9)2)18-11-4-6-12(7-5-11)21(19,20)14(15,16)17/h4-7,9-10,13,18H,3,8H2,1-2H3. The third kappa shape index (κ3) is 3.17. The SMILES string of the molecule is CC1CCC(Nc2ccc(S(=O)(=O)C(F)(F)F)cc2)C1C. The third-order valence-corrected chi connectivity index (χ3v) is 5.79. The molecule has 2 rings (SSSR count). The molecule has 1 aromatic rings. The van der Waals surface area contributed by atoms with Crippen LogP contribution in [0.1, 0.15) is 26.7 Å². The Bertz CT molecular complexity index is 596. The number of rotatable bonds is 3. The van der Waals surface area contributed by atoms with Crippen LogP contribution in [0, 0.1) is 11.8 Å². The summed E-state index contributed by atoms with van der Waals surface area (Å²) < 4.78 is 59.8. The molecule has 1 saturated carbocycles. The van der Waals surface area contributed by atoms with Gasteiger partial charge in [-0.2, -0.15) is 13.2 Å². The molecule has 118 valence electrons. The molecule has 0 amide bonds. The first-order valence-electron chi connectivity index (χ1n) is 6.81. The average molecular weight is 321 g/mol. The fourth-order valence-electron chi connectivity index (χ4n) is 2.65. The predicted molar refractivity (Wildman–Crippen MR) is 74.7 cm³/mol. The second-order valence-electron chi connectivity index (χ2n) is 5.64. The van der Waals surface area contributed by atoms with Gasteiger partial charge in [0.15, 0.2) is 0 Å². The van der Waals surface area contributed by atoms with E-state index >= 15 is 0 Å². The highest BCUT2D eigenvalue weighted by Gasteiger charge is 2.46. The number of nitrogens with one attached hydrogen (secondary N) is 1. The van der Waals surface area contributed by atoms with Crippen LogP contribution in [0.25, 0.3) is 0 Å². The van der Waals surface area contributed by atoms with Crippen molar-refractivity contribution in [3.63, 3.8) is 0 Å². The maximum Gasteiger partial charge on any atom is 0.501 e. The number of halogens is 3. The first-order chi connectivity index (χ1) is 9.63. The minimum atomic E-state index is -5.27. The summed E-state index contributed by atoms with van der Waals surface area (Å²) in [5, 5.41) is 3.26. The summed E-state index contributed by atoms with van der Waals surface area (Å²) in [5.41, 5.74) is -4.63. The number of hydrogen-bond acceptors (Lipinski definition) is 3. The van der Waals surface area contributed by atoms with Crippen LogP contribution in [0.2, 0.25) is 0 Å². The summed E-state index contributed by atoms with van der Waals surface area (Å²) in [6, 6.07) is 5.02. The molecule has 1 aliphatic rings. The van der Waals surface area contributed by atoms with Crippen LogP contribution in [0.5, 0.6) is 0 Å². The van der Waals surface area contributed by atoms with Gasteiger partial charge in [0.2, 0.25) is 0 Å². The van der Waals surface area contributed by atoms with E-state index in [1.54, 1.807) is 0 Å². The molecular weight excluding hydrogens is 303 g/mol. The van der Waals surface area contributed by atoms with Gasteiger partial charge < -0.3 is 5.32 Å². The minimum absolute atomic E-state index is 0.269. The maximum atomic E-state index is 12.4. The van der Waals surface area contributed by atoms with Gasteiger partial charge in [-0.3, -0.25) is 0 Å². The lowest BCUT2D eigenvalue weighted by Gasteiger charge is -2.21. The van der Waals surface area contributed by atoms with E-state index < -0.39 is 20.2 Å². The minimum Gasteiger partial charge on any atom is -0.382 e. The summed E-state index contributed by atoms with van der Waals surface area (Å²) >= 11 is 0. The van der Waals surface area contributed by atoms with Gasteiger partial charge in [0, 0.05) is 11.7 Å². The molecular formula is C14H18F3NO2S. The molecule has 1 aromatic carbocycles. The molecule has 3 unspecified atom stereocenters. The summed E-state index contributed by atoms with van der Waals surface area (Å²) in [5.74, 6) is 1.08. The molecule has 0 aliphatic heterocycles. The fourth-order valence-corrected chi connectivity index (χ4v) is 3.41. The Morgan fingerprint density at radius 2 is 1.67 bits per heavy atom. The molecule has 0 heterocycles. The van der Waals surface area contributed by atoms with E-state index in [-0.39, 0.29) is 6.04 Å². The van der Waals surface area contributed by atoms with Gasteiger partial charge in [-0.05, 0) is 48.9 Å². The van der Waals surface area contributed by atoms with Crippen molar-refractivity contribution in [2.24, 2.45) is 11.8 Å². The lowest BCUT2D eigenvalue weighted by Crippen LogP contribution is -2.24. The van der Waals surface area contributed by atoms with Crippen molar-refractivity contribution in [3.8, 4) is 0 Å². The van der Waals surface area contributed by atoms with E-state index in [4.69, 9.17) is 0 Å². The van der Waals surface area contributed by atoms with Crippen LogP contribution in [-0.4, -0.2) is 20.0 Å². The zero-order valence-corrected chi connectivity index (χ0v) is 12.6. The van der Waals surface area contributed by atoms with E-state index in [0.29, 0.717) is 17.5 Å². The van der Waals surface area contributed by atoms with Crippen LogP contribution in [0.4, 0.5) is 18.9 Å². The van der Waals surface area contributed by atoms with Gasteiger partial charge in [0.1, 0.15) is 0 Å². The Balaban J connectivity index is 2.13. The van der Waals surface area contributed by atoms with Gasteiger partial charge in [-0.25, -0.2) is 8.42 Å². The number of benzene rings is 1. The molecule has 0 spiro atoms. The Morgan fingerprint density at radius 3 is 2.10 bits per heavy atom. The second-order valence-corrected chi connectivity index (χ2v) is 7.58. The Hall–Kier alpha value is -1.24. The zero-order valence-electron chi connectivity index (χ0n) is 11.8. The van der Waals surface area contributed by atoms with Gasteiger partial charge in [0.05, 0.1) is 4.90 Å². The highest BCUT2D eigenvalue weighted by atomic mass is 32.2. The second kappa shape index (κ2) is 5.51. The quantitative estimate of drug-likeness (QED) is 0.920. The highest BCUT2D eigenvalue weighted by Crippen LogP contribution is 2.34. The molecule has 3 atom stereocenters. The summed E-state index contributed by atoms with van der Waals surface area (Å²) in [4.78, 5) is -0.728. The first-order valence-corrected chi connectivity index (χ1v) is 8.29. The van der Waals surface area contributed by atoms with E-state index in [1.807, 2.05) is 0 Å². The smallest absolute Gasteiger partial charge is 0.382 e. The van der Waals surface area contributed by atoms with E-state index in [9.17, 15) is 21.6 Å². The molecule has 7 heteroatoms. The normalized spacial score (nSPS) is 26.8. The number of anilines is 1. The van der Waals surface area contributed by atoms with E-state index in [1.165, 1.54) is 12.1 Å². The Kier molecular flexibility index (Phi) is 4.24. The summed E-state index contributed by atoms with van der Waals surface area (Å²) in [6.07, 6.45) is 2.12. The number of sulfone groups is 1. The van der Waals surface area contributed by atoms with Crippen LogP contribution >= 0.6 is 0 Å². The molecule has 0 bridgehead atoms. The number of alkyl halides is 3. The van der Waals surface area contributed by atoms with Crippen molar-refractivity contribution in [2.75, 3.05) is 5.32 Å². The van der Waals surface area contributed by atoms with Crippen molar-refractivity contribution in [1.29, 1.82) is 0 Å². The molecule has 0 aromatic heterocycles. The largest absolute Gasteiger partial charge is 0.501 e. The van der Waals surface area contributed by atoms with Gasteiger partial charge in [0.25, 0.3) is 9.84 Å². The Labute approximate surface area is 122 Å². The molecule has 3 nitrogen and oxygen atoms in total. The lowest BCUT2D eigenvalue weighted by atomic mass is 9.98. The van der Waals surface area contributed by atoms with Crippen molar-refractivity contribution in [3.05, 3.63) is 24.3 Å². The fraction of sp³-hybridized carbons (Fsp3) is 0.571. The number of hydrogen-bond donors (Lipinski definition) is 1. The molecule has 0 radical (unpaired) electrons. The molecule has 1 fully saturated rings. The topological polar surface area (TPSA) is 46.2 Å². The Morgan fingerprint density at radius 1 is 1.10 bits per heavy atom. The molecule has 1 N–H and O–H groups in total. The van der Waals surface area contributed by atoms with Gasteiger partial charge >= 0.3 is 5.51 Å². The predicted octanol–water partition coefficient (Wildman–Crippen LogP) is 3.83. The average Bonchev–Trinajstić information content (AvgIpc) is 2.70. The van der Waals surface area contributed by atoms with E-state index in [2.05, 4.69) is 19.2 Å². The summed E-state index contributed by atoms with van der Waals surface area (Å²) in [7, 11) is -5.27. The molecule has 1 aliphatic carbocycles. The highest BCUT2D eigenvalue weighted by molar-refractivity contribution is 7.92. The zero-order chi connectivity index (χ0) is 15.8. The molecule has 0 saturated heterocycles. The molecule has 21 heavy (non-hydrogen) atoms. The van der Waals surface area contributed by atoms with Crippen LogP contribution in [0.15, 0.2) is 29.2 Å². The van der Waals surface area contributed by atoms with Crippen LogP contribution < -0.4 is 5.32 Å². The summed E-state index contributed by atoms with van der Waals surface area (Å²) in [6.45, 7) is 4.31. The van der Waals surface area contributed by atoms with Crippen molar-refractivity contribution < 1.29 is 21.6 Å². The van der Waals surface area contributed by atoms with Crippen molar-refractivity contribution >= 4 is 15.5 Å². The van der Waals surface area contributed by atoms with Crippen molar-refractivity contribution in [1.82, 2.24) is 0 Å². The lowest BCUT2D eigenvalue weighted by molar-refractivity contribution is -0.0436. The van der Waals surface area contributed by atoms with Gasteiger partial charge in [-0.15, -0.1) is 0 Å². The van der Waals surface area contributed by atoms with Crippen LogP contribution in [-0.2, 0) is 9.84 Å². The van der Waals surface area contributed by atoms with Crippen LogP contribution in [0.3, 0.4) is 0 Å². The monoisotopic (exact) mass is 321 g/mol. The third-order valence-electron chi connectivity index (χ3n) is 4.29. The van der Waals surface area contributed by atoms with E-state index in [0.717, 1.165) is 25.0 Å². The first kappa shape index (κ1) is 16.1. The van der Waals surface area contributed by atoms with Crippen molar-refractivity contribution in [2.45, 2.75) is 43.1 Å². The maximum absolute atomic E-state index is 12.4.